The van der Waals surface area contributed by atoms with E-state index < -0.39 is 0 Å². The van der Waals surface area contributed by atoms with E-state index in [0.717, 1.165) is 43.5 Å². The minimum absolute atomic E-state index is 0.746. The molecule has 17 heavy (non-hydrogen) atoms. The predicted molar refractivity (Wildman–Crippen MR) is 73.3 cm³/mol. The monoisotopic (exact) mass is 251 g/mol. The molecule has 1 N–H and O–H groups in total. The third-order valence-electron chi connectivity index (χ3n) is 3.17. The normalized spacial score (nSPS) is 16.1. The molecule has 1 aromatic rings. The molecule has 0 aliphatic carbocycles. The highest BCUT2D eigenvalue weighted by molar-refractivity contribution is 6.30. The second-order valence-electron chi connectivity index (χ2n) is 4.25. The molecule has 1 aromatic carbocycles. The van der Waals surface area contributed by atoms with Gasteiger partial charge in [-0.1, -0.05) is 24.6 Å². The fraction of sp³-hybridized carbons (Fsp3) is 0.462. The molecule has 1 fully saturated rings. The van der Waals surface area contributed by atoms with Gasteiger partial charge >= 0.3 is 0 Å². The van der Waals surface area contributed by atoms with Gasteiger partial charge in [-0.15, -0.1) is 0 Å². The molecule has 0 aromatic heterocycles. The van der Waals surface area contributed by atoms with E-state index in [2.05, 4.69) is 15.9 Å². The van der Waals surface area contributed by atoms with Crippen LogP contribution in [-0.4, -0.2) is 36.9 Å². The molecule has 0 spiro atoms. The van der Waals surface area contributed by atoms with Gasteiger partial charge < -0.3 is 9.80 Å². The van der Waals surface area contributed by atoms with E-state index in [9.17, 15) is 0 Å². The van der Waals surface area contributed by atoms with E-state index in [1.165, 1.54) is 5.69 Å². The van der Waals surface area contributed by atoms with Crippen molar-refractivity contribution < 1.29 is 0 Å². The maximum atomic E-state index is 7.82. The predicted octanol–water partition coefficient (Wildman–Crippen LogP) is 2.85. The van der Waals surface area contributed by atoms with Crippen LogP contribution in [0.3, 0.4) is 0 Å². The van der Waals surface area contributed by atoms with Gasteiger partial charge in [-0.05, 0) is 18.2 Å². The van der Waals surface area contributed by atoms with Crippen LogP contribution in [0.5, 0.6) is 0 Å². The van der Waals surface area contributed by atoms with Crippen molar-refractivity contribution in [3.63, 3.8) is 0 Å². The summed E-state index contributed by atoms with van der Waals surface area (Å²) in [5, 5.41) is 8.61. The van der Waals surface area contributed by atoms with Crippen LogP contribution in [0.2, 0.25) is 5.02 Å². The highest BCUT2D eigenvalue weighted by Crippen LogP contribution is 2.20. The molecule has 0 radical (unpaired) electrons. The van der Waals surface area contributed by atoms with E-state index in [0.29, 0.717) is 0 Å². The molecular formula is C13H18ClN3. The van der Waals surface area contributed by atoms with Crippen molar-refractivity contribution in [2.24, 2.45) is 0 Å². The molecule has 0 unspecified atom stereocenters. The van der Waals surface area contributed by atoms with E-state index in [1.807, 2.05) is 25.1 Å². The zero-order valence-electron chi connectivity index (χ0n) is 10.1. The van der Waals surface area contributed by atoms with Crippen LogP contribution in [0.15, 0.2) is 24.3 Å². The van der Waals surface area contributed by atoms with E-state index in [4.69, 9.17) is 17.0 Å². The lowest BCUT2D eigenvalue weighted by molar-refractivity contribution is 0.377. The van der Waals surface area contributed by atoms with Gasteiger partial charge in [0.2, 0.25) is 0 Å². The Hall–Kier alpha value is -1.22. The van der Waals surface area contributed by atoms with Gasteiger partial charge in [0, 0.05) is 43.3 Å². The molecule has 0 saturated carbocycles. The number of hydrogen-bond donors (Lipinski definition) is 1. The fourth-order valence-corrected chi connectivity index (χ4v) is 2.32. The van der Waals surface area contributed by atoms with Crippen LogP contribution in [0.25, 0.3) is 0 Å². The maximum absolute atomic E-state index is 7.82. The van der Waals surface area contributed by atoms with Crippen LogP contribution in [0, 0.1) is 5.41 Å². The summed E-state index contributed by atoms with van der Waals surface area (Å²) in [5.41, 5.74) is 1.18. The molecule has 0 bridgehead atoms. The number of halogens is 1. The second kappa shape index (κ2) is 5.41. The first-order valence-electron chi connectivity index (χ1n) is 6.03. The Morgan fingerprint density at radius 2 is 2.00 bits per heavy atom. The van der Waals surface area contributed by atoms with Crippen molar-refractivity contribution in [1.82, 2.24) is 4.90 Å². The maximum Gasteiger partial charge on any atom is 0.0956 e. The van der Waals surface area contributed by atoms with E-state index in [1.54, 1.807) is 0 Å². The molecule has 0 atom stereocenters. The quantitative estimate of drug-likeness (QED) is 0.647. The first-order chi connectivity index (χ1) is 8.20. The van der Waals surface area contributed by atoms with Gasteiger partial charge in [0.1, 0.15) is 0 Å². The summed E-state index contributed by atoms with van der Waals surface area (Å²) in [5.74, 6) is 0.746. The number of anilines is 1. The summed E-state index contributed by atoms with van der Waals surface area (Å²) >= 11 is 5.99. The summed E-state index contributed by atoms with van der Waals surface area (Å²) in [6.45, 7) is 5.81. The number of piperazine rings is 1. The first kappa shape index (κ1) is 12.2. The molecule has 1 saturated heterocycles. The van der Waals surface area contributed by atoms with Gasteiger partial charge in [0.05, 0.1) is 5.84 Å². The Kier molecular flexibility index (Phi) is 3.89. The molecule has 1 heterocycles. The van der Waals surface area contributed by atoms with Crippen molar-refractivity contribution >= 4 is 23.1 Å². The van der Waals surface area contributed by atoms with Crippen molar-refractivity contribution in [3.8, 4) is 0 Å². The Morgan fingerprint density at radius 1 is 1.29 bits per heavy atom. The zero-order chi connectivity index (χ0) is 12.3. The number of benzene rings is 1. The van der Waals surface area contributed by atoms with Crippen LogP contribution >= 0.6 is 11.6 Å². The Labute approximate surface area is 107 Å². The lowest BCUT2D eigenvalue weighted by Crippen LogP contribution is -2.48. The minimum atomic E-state index is 0.746. The van der Waals surface area contributed by atoms with Crippen molar-refractivity contribution in [2.75, 3.05) is 31.1 Å². The summed E-state index contributed by atoms with van der Waals surface area (Å²) in [4.78, 5) is 4.48. The average Bonchev–Trinajstić information content (AvgIpc) is 2.38. The van der Waals surface area contributed by atoms with Crippen molar-refractivity contribution in [3.05, 3.63) is 29.3 Å². The topological polar surface area (TPSA) is 30.3 Å². The van der Waals surface area contributed by atoms with Crippen molar-refractivity contribution in [1.29, 1.82) is 5.41 Å². The highest BCUT2D eigenvalue weighted by Gasteiger charge is 2.18. The van der Waals surface area contributed by atoms with Gasteiger partial charge in [-0.3, -0.25) is 5.41 Å². The van der Waals surface area contributed by atoms with Gasteiger partial charge in [-0.25, -0.2) is 0 Å². The lowest BCUT2D eigenvalue weighted by Gasteiger charge is -2.37. The average molecular weight is 252 g/mol. The first-order valence-corrected chi connectivity index (χ1v) is 6.41. The van der Waals surface area contributed by atoms with E-state index in [-0.39, 0.29) is 0 Å². The van der Waals surface area contributed by atoms with Gasteiger partial charge in [-0.2, -0.15) is 0 Å². The Morgan fingerprint density at radius 3 is 2.59 bits per heavy atom. The number of hydrogen-bond acceptors (Lipinski definition) is 2. The molecule has 4 heteroatoms. The third-order valence-corrected chi connectivity index (χ3v) is 3.40. The van der Waals surface area contributed by atoms with Crippen molar-refractivity contribution in [2.45, 2.75) is 13.3 Å². The molecule has 0 amide bonds. The molecule has 2 rings (SSSR count). The smallest absolute Gasteiger partial charge is 0.0956 e. The number of rotatable bonds is 2. The summed E-state index contributed by atoms with van der Waals surface area (Å²) in [7, 11) is 0. The Balaban J connectivity index is 1.97. The summed E-state index contributed by atoms with van der Waals surface area (Å²) in [6.07, 6.45) is 0.817. The molecule has 1 aliphatic rings. The standard InChI is InChI=1S/C13H18ClN3/c1-2-13(15)17-8-6-16(7-9-17)12-5-3-4-11(14)10-12/h3-5,10,15H,2,6-9H2,1H3. The second-order valence-corrected chi connectivity index (χ2v) is 4.69. The largest absolute Gasteiger partial charge is 0.368 e. The zero-order valence-corrected chi connectivity index (χ0v) is 10.9. The third kappa shape index (κ3) is 2.91. The van der Waals surface area contributed by atoms with Crippen LogP contribution in [0.1, 0.15) is 13.3 Å². The van der Waals surface area contributed by atoms with Crippen LogP contribution in [0.4, 0.5) is 5.69 Å². The lowest BCUT2D eigenvalue weighted by atomic mass is 10.2. The summed E-state index contributed by atoms with van der Waals surface area (Å²) < 4.78 is 0. The minimum Gasteiger partial charge on any atom is -0.368 e. The summed E-state index contributed by atoms with van der Waals surface area (Å²) in [6, 6.07) is 7.97. The molecular weight excluding hydrogens is 234 g/mol. The number of amidine groups is 1. The van der Waals surface area contributed by atoms with Gasteiger partial charge in [0.15, 0.2) is 0 Å². The molecule has 1 aliphatic heterocycles. The van der Waals surface area contributed by atoms with Crippen LogP contribution < -0.4 is 4.90 Å². The van der Waals surface area contributed by atoms with Gasteiger partial charge in [0.25, 0.3) is 0 Å². The molecule has 92 valence electrons. The SMILES string of the molecule is CCC(=N)N1CCN(c2cccc(Cl)c2)CC1. The molecule has 3 nitrogen and oxygen atoms in total. The number of nitrogens with zero attached hydrogens (tertiary/aromatic N) is 2. The van der Waals surface area contributed by atoms with E-state index >= 15 is 0 Å². The highest BCUT2D eigenvalue weighted by atomic mass is 35.5. The fourth-order valence-electron chi connectivity index (χ4n) is 2.13. The number of nitrogens with one attached hydrogen (secondary N) is 1. The Bertz CT molecular complexity index is 397. The van der Waals surface area contributed by atoms with Crippen LogP contribution in [-0.2, 0) is 0 Å².